The van der Waals surface area contributed by atoms with Crippen molar-refractivity contribution in [1.29, 1.82) is 0 Å². The molecule has 1 N–H and O–H groups in total. The molecule has 186 valence electrons. The molecule has 7 heteroatoms. The summed E-state index contributed by atoms with van der Waals surface area (Å²) in [5.41, 5.74) is 2.25. The van der Waals surface area contributed by atoms with Gasteiger partial charge in [0.1, 0.15) is 12.4 Å². The number of benzene rings is 2. The average Bonchev–Trinajstić information content (AvgIpc) is 3.42. The molecule has 3 aromatic rings. The lowest BCUT2D eigenvalue weighted by molar-refractivity contribution is 0.0556. The normalized spacial score (nSPS) is 15.6. The summed E-state index contributed by atoms with van der Waals surface area (Å²) in [5.74, 6) is 1.39. The number of piperidine rings is 1. The lowest BCUT2D eigenvalue weighted by Gasteiger charge is -2.40. The highest BCUT2D eigenvalue weighted by atomic mass is 35.5. The fourth-order valence-electron chi connectivity index (χ4n) is 4.88. The Morgan fingerprint density at radius 3 is 2.69 bits per heavy atom. The molecule has 1 fully saturated rings. The highest BCUT2D eigenvalue weighted by molar-refractivity contribution is 6.31. The zero-order valence-electron chi connectivity index (χ0n) is 20.1. The van der Waals surface area contributed by atoms with Crippen LogP contribution in [-0.2, 0) is 13.0 Å². The summed E-state index contributed by atoms with van der Waals surface area (Å²) >= 11 is 6.49. The van der Waals surface area contributed by atoms with Crippen LogP contribution < -0.4 is 4.74 Å². The molecule has 4 rings (SSSR count). The van der Waals surface area contributed by atoms with Crippen LogP contribution in [0.3, 0.4) is 0 Å². The zero-order chi connectivity index (χ0) is 24.6. The molecule has 0 spiro atoms. The SMILES string of the molecule is CN(C(=O)c1ccco1)C(Cc1ccccc1Cl)C1CCN(Cc2cccc(OCCO)c2)CC1. The third-order valence-electron chi connectivity index (χ3n) is 6.78. The maximum Gasteiger partial charge on any atom is 0.289 e. The molecule has 1 saturated heterocycles. The van der Waals surface area contributed by atoms with Crippen LogP contribution in [0.4, 0.5) is 0 Å². The van der Waals surface area contributed by atoms with E-state index in [1.54, 1.807) is 12.1 Å². The first kappa shape index (κ1) is 25.3. The maximum atomic E-state index is 13.1. The van der Waals surface area contributed by atoms with E-state index in [0.717, 1.165) is 48.8 Å². The predicted octanol–water partition coefficient (Wildman–Crippen LogP) is 4.90. The summed E-state index contributed by atoms with van der Waals surface area (Å²) in [7, 11) is 1.87. The molecule has 35 heavy (non-hydrogen) atoms. The number of amides is 1. The minimum atomic E-state index is -0.103. The largest absolute Gasteiger partial charge is 0.491 e. The minimum Gasteiger partial charge on any atom is -0.491 e. The van der Waals surface area contributed by atoms with E-state index >= 15 is 0 Å². The Morgan fingerprint density at radius 2 is 1.97 bits per heavy atom. The van der Waals surface area contributed by atoms with Crippen molar-refractivity contribution < 1.29 is 19.1 Å². The lowest BCUT2D eigenvalue weighted by Crippen LogP contribution is -2.47. The van der Waals surface area contributed by atoms with Crippen molar-refractivity contribution in [3.63, 3.8) is 0 Å². The molecule has 0 saturated carbocycles. The van der Waals surface area contributed by atoms with E-state index in [4.69, 9.17) is 25.9 Å². The molecule has 1 amide bonds. The summed E-state index contributed by atoms with van der Waals surface area (Å²) in [6, 6.07) is 19.4. The van der Waals surface area contributed by atoms with E-state index in [1.807, 2.05) is 54.4 Å². The monoisotopic (exact) mass is 496 g/mol. The Morgan fingerprint density at radius 1 is 1.17 bits per heavy atom. The fraction of sp³-hybridized carbons (Fsp3) is 0.393. The first-order valence-electron chi connectivity index (χ1n) is 12.1. The smallest absolute Gasteiger partial charge is 0.289 e. The van der Waals surface area contributed by atoms with Gasteiger partial charge < -0.3 is 19.2 Å². The molecule has 0 aliphatic carbocycles. The highest BCUT2D eigenvalue weighted by Crippen LogP contribution is 2.30. The molecule has 1 aliphatic heterocycles. The number of nitrogens with zero attached hydrogens (tertiary/aromatic N) is 2. The van der Waals surface area contributed by atoms with E-state index in [2.05, 4.69) is 11.0 Å². The van der Waals surface area contributed by atoms with Crippen LogP contribution in [0.15, 0.2) is 71.3 Å². The Bertz CT molecular complexity index is 1080. The van der Waals surface area contributed by atoms with E-state index in [1.165, 1.54) is 11.8 Å². The van der Waals surface area contributed by atoms with Gasteiger partial charge >= 0.3 is 0 Å². The summed E-state index contributed by atoms with van der Waals surface area (Å²) in [4.78, 5) is 17.4. The molecule has 0 bridgehead atoms. The third-order valence-corrected chi connectivity index (χ3v) is 7.15. The minimum absolute atomic E-state index is 0.00394. The van der Waals surface area contributed by atoms with Crippen LogP contribution in [0.5, 0.6) is 5.75 Å². The molecule has 2 heterocycles. The Balaban J connectivity index is 1.43. The molecular formula is C28H33ClN2O4. The Hall–Kier alpha value is -2.80. The number of furan rings is 1. The van der Waals surface area contributed by atoms with Gasteiger partial charge in [0.05, 0.1) is 12.9 Å². The van der Waals surface area contributed by atoms with Gasteiger partial charge in [0, 0.05) is 24.7 Å². The van der Waals surface area contributed by atoms with Crippen molar-refractivity contribution in [2.45, 2.75) is 31.8 Å². The number of aliphatic hydroxyl groups excluding tert-OH is 1. The van der Waals surface area contributed by atoms with E-state index in [0.29, 0.717) is 24.7 Å². The van der Waals surface area contributed by atoms with Gasteiger partial charge in [-0.3, -0.25) is 9.69 Å². The number of hydrogen-bond acceptors (Lipinski definition) is 5. The molecule has 2 aromatic carbocycles. The number of ether oxygens (including phenoxy) is 1. The highest BCUT2D eigenvalue weighted by Gasteiger charge is 2.33. The van der Waals surface area contributed by atoms with E-state index in [-0.39, 0.29) is 18.6 Å². The van der Waals surface area contributed by atoms with Crippen molar-refractivity contribution in [2.24, 2.45) is 5.92 Å². The molecular weight excluding hydrogens is 464 g/mol. The maximum absolute atomic E-state index is 13.1. The van der Waals surface area contributed by atoms with E-state index < -0.39 is 0 Å². The number of likely N-dealkylation sites (tertiary alicyclic amines) is 1. The van der Waals surface area contributed by atoms with Crippen LogP contribution in [0.1, 0.15) is 34.5 Å². The Labute approximate surface area is 212 Å². The standard InChI is InChI=1S/C28H33ClN2O4/c1-30(28(33)27-10-5-16-35-27)26(19-23-7-2-3-9-25(23)29)22-11-13-31(14-12-22)20-21-6-4-8-24(18-21)34-17-15-32/h2-10,16,18,22,26,32H,11-15,17,19-20H2,1H3. The molecule has 0 radical (unpaired) electrons. The van der Waals surface area contributed by atoms with Crippen LogP contribution in [0.2, 0.25) is 5.02 Å². The van der Waals surface area contributed by atoms with E-state index in [9.17, 15) is 4.79 Å². The van der Waals surface area contributed by atoms with Crippen LogP contribution in [-0.4, -0.2) is 60.2 Å². The number of carbonyl (C=O) groups is 1. The number of halogens is 1. The first-order valence-corrected chi connectivity index (χ1v) is 12.5. The second-order valence-corrected chi connectivity index (χ2v) is 9.50. The second-order valence-electron chi connectivity index (χ2n) is 9.09. The van der Waals surface area contributed by atoms with Crippen molar-refractivity contribution >= 4 is 17.5 Å². The summed E-state index contributed by atoms with van der Waals surface area (Å²) in [6.07, 6.45) is 4.22. The van der Waals surface area contributed by atoms with Gasteiger partial charge in [-0.15, -0.1) is 0 Å². The number of carbonyl (C=O) groups excluding carboxylic acids is 1. The quantitative estimate of drug-likeness (QED) is 0.432. The Kier molecular flexibility index (Phi) is 8.85. The second kappa shape index (κ2) is 12.2. The molecule has 1 aromatic heterocycles. The van der Waals surface area contributed by atoms with Gasteiger partial charge in [-0.25, -0.2) is 0 Å². The van der Waals surface area contributed by atoms with Crippen molar-refractivity contribution in [3.05, 3.63) is 88.8 Å². The fourth-order valence-corrected chi connectivity index (χ4v) is 5.10. The topological polar surface area (TPSA) is 66.2 Å². The molecule has 6 nitrogen and oxygen atoms in total. The first-order chi connectivity index (χ1) is 17.0. The number of likely N-dealkylation sites (N-methyl/N-ethyl adjacent to an activating group) is 1. The van der Waals surface area contributed by atoms with Gasteiger partial charge in [0.15, 0.2) is 5.76 Å². The van der Waals surface area contributed by atoms with Crippen LogP contribution in [0.25, 0.3) is 0 Å². The molecule has 1 aliphatic rings. The van der Waals surface area contributed by atoms with Crippen LogP contribution in [0, 0.1) is 5.92 Å². The number of aliphatic hydroxyl groups is 1. The van der Waals surface area contributed by atoms with Gasteiger partial charge in [-0.2, -0.15) is 0 Å². The van der Waals surface area contributed by atoms with Gasteiger partial charge in [-0.05, 0) is 79.7 Å². The third kappa shape index (κ3) is 6.66. The summed E-state index contributed by atoms with van der Waals surface area (Å²) in [5, 5.41) is 9.73. The zero-order valence-corrected chi connectivity index (χ0v) is 20.9. The van der Waals surface area contributed by atoms with Gasteiger partial charge in [-0.1, -0.05) is 41.9 Å². The van der Waals surface area contributed by atoms with Gasteiger partial charge in [0.2, 0.25) is 0 Å². The van der Waals surface area contributed by atoms with Crippen molar-refractivity contribution in [3.8, 4) is 5.75 Å². The van der Waals surface area contributed by atoms with Crippen LogP contribution >= 0.6 is 11.6 Å². The average molecular weight is 497 g/mol. The summed E-state index contributed by atoms with van der Waals surface area (Å²) in [6.45, 7) is 3.05. The molecule has 1 atom stereocenters. The summed E-state index contributed by atoms with van der Waals surface area (Å²) < 4.78 is 11.0. The number of hydrogen-bond donors (Lipinski definition) is 1. The van der Waals surface area contributed by atoms with Gasteiger partial charge in [0.25, 0.3) is 5.91 Å². The van der Waals surface area contributed by atoms with Crippen molar-refractivity contribution in [1.82, 2.24) is 9.80 Å². The molecule has 1 unspecified atom stereocenters. The predicted molar refractivity (Wildman–Crippen MR) is 137 cm³/mol. The lowest BCUT2D eigenvalue weighted by atomic mass is 9.84. The van der Waals surface area contributed by atoms with Crippen molar-refractivity contribution in [2.75, 3.05) is 33.4 Å². The number of rotatable bonds is 10.